The normalized spacial score (nSPS) is 10.2. The number of benzene rings is 1. The Hall–Kier alpha value is -1.10. The van der Waals surface area contributed by atoms with E-state index in [1.165, 1.54) is 0 Å². The van der Waals surface area contributed by atoms with Crippen molar-refractivity contribution >= 4 is 50.7 Å². The highest BCUT2D eigenvalue weighted by Gasteiger charge is 2.12. The van der Waals surface area contributed by atoms with Crippen molar-refractivity contribution < 1.29 is 4.79 Å². The first-order valence-electron chi connectivity index (χ1n) is 4.95. The minimum Gasteiger partial charge on any atom is -0.321 e. The molecule has 92 valence electrons. The second-order valence-corrected chi connectivity index (χ2v) is 5.02. The zero-order valence-corrected chi connectivity index (χ0v) is 12.1. The fraction of sp³-hybridized carbons (Fsp3) is 0. The van der Waals surface area contributed by atoms with Gasteiger partial charge in [-0.2, -0.15) is 0 Å². The van der Waals surface area contributed by atoms with E-state index >= 15 is 0 Å². The van der Waals surface area contributed by atoms with Gasteiger partial charge in [-0.25, -0.2) is 4.98 Å². The van der Waals surface area contributed by atoms with E-state index in [-0.39, 0.29) is 10.9 Å². The standard InChI is InChI=1S/C12H7BrCl2N2O/c13-10-5-4-7(6-16-10)17-12(18)8-2-1-3-9(14)11(8)15/h1-6H,(H,17,18). The molecule has 1 N–H and O–H groups in total. The Balaban J connectivity index is 2.22. The van der Waals surface area contributed by atoms with Gasteiger partial charge >= 0.3 is 0 Å². The molecular weight excluding hydrogens is 339 g/mol. The molecule has 1 aromatic carbocycles. The molecular formula is C12H7BrCl2N2O. The van der Waals surface area contributed by atoms with Gasteiger partial charge in [0.05, 0.1) is 27.5 Å². The van der Waals surface area contributed by atoms with E-state index < -0.39 is 0 Å². The molecule has 2 aromatic rings. The number of carbonyl (C=O) groups excluding carboxylic acids is 1. The van der Waals surface area contributed by atoms with Crippen LogP contribution in [0.3, 0.4) is 0 Å². The van der Waals surface area contributed by atoms with E-state index in [0.29, 0.717) is 20.9 Å². The van der Waals surface area contributed by atoms with Crippen LogP contribution in [0.25, 0.3) is 0 Å². The first kappa shape index (κ1) is 13.3. The van der Waals surface area contributed by atoms with Crippen LogP contribution >= 0.6 is 39.1 Å². The summed E-state index contributed by atoms with van der Waals surface area (Å²) in [5.74, 6) is -0.327. The zero-order valence-electron chi connectivity index (χ0n) is 8.95. The van der Waals surface area contributed by atoms with Crippen LogP contribution in [0.15, 0.2) is 41.1 Å². The number of halogens is 3. The van der Waals surface area contributed by atoms with Crippen molar-refractivity contribution in [2.75, 3.05) is 5.32 Å². The molecule has 1 amide bonds. The zero-order chi connectivity index (χ0) is 13.1. The van der Waals surface area contributed by atoms with Crippen LogP contribution in [0.4, 0.5) is 5.69 Å². The molecule has 18 heavy (non-hydrogen) atoms. The second-order valence-electron chi connectivity index (χ2n) is 3.43. The lowest BCUT2D eigenvalue weighted by Crippen LogP contribution is -2.12. The van der Waals surface area contributed by atoms with Crippen LogP contribution in [0.2, 0.25) is 10.0 Å². The highest BCUT2D eigenvalue weighted by molar-refractivity contribution is 9.10. The van der Waals surface area contributed by atoms with Gasteiger partial charge in [-0.05, 0) is 40.2 Å². The molecule has 0 radical (unpaired) electrons. The lowest BCUT2D eigenvalue weighted by atomic mass is 10.2. The monoisotopic (exact) mass is 344 g/mol. The Morgan fingerprint density at radius 2 is 2.00 bits per heavy atom. The van der Waals surface area contributed by atoms with E-state index in [2.05, 4.69) is 26.2 Å². The van der Waals surface area contributed by atoms with E-state index in [4.69, 9.17) is 23.2 Å². The number of pyridine rings is 1. The number of nitrogens with one attached hydrogen (secondary N) is 1. The van der Waals surface area contributed by atoms with Crippen LogP contribution in [0.5, 0.6) is 0 Å². The maximum atomic E-state index is 12.0. The minimum absolute atomic E-state index is 0.238. The predicted molar refractivity (Wildman–Crippen MR) is 76.4 cm³/mol. The second kappa shape index (κ2) is 5.69. The molecule has 0 aliphatic rings. The molecule has 0 aliphatic heterocycles. The number of carbonyl (C=O) groups is 1. The van der Waals surface area contributed by atoms with Gasteiger partial charge in [0.15, 0.2) is 0 Å². The van der Waals surface area contributed by atoms with Crippen LogP contribution in [-0.2, 0) is 0 Å². The van der Waals surface area contributed by atoms with Gasteiger partial charge in [-0.1, -0.05) is 29.3 Å². The lowest BCUT2D eigenvalue weighted by Gasteiger charge is -2.07. The molecule has 1 heterocycles. The predicted octanol–water partition coefficient (Wildman–Crippen LogP) is 4.40. The number of nitrogens with zero attached hydrogens (tertiary/aromatic N) is 1. The molecule has 0 unspecified atom stereocenters. The number of hydrogen-bond acceptors (Lipinski definition) is 2. The van der Waals surface area contributed by atoms with Gasteiger partial charge in [0, 0.05) is 0 Å². The first-order chi connectivity index (χ1) is 8.58. The van der Waals surface area contributed by atoms with Crippen LogP contribution in [0.1, 0.15) is 10.4 Å². The summed E-state index contributed by atoms with van der Waals surface area (Å²) in [6, 6.07) is 8.36. The van der Waals surface area contributed by atoms with Crippen molar-refractivity contribution in [2.45, 2.75) is 0 Å². The third kappa shape index (κ3) is 3.02. The molecule has 0 spiro atoms. The molecule has 3 nitrogen and oxygen atoms in total. The topological polar surface area (TPSA) is 42.0 Å². The molecule has 2 rings (SSSR count). The summed E-state index contributed by atoms with van der Waals surface area (Å²) in [4.78, 5) is 16.0. The number of aromatic nitrogens is 1. The average Bonchev–Trinajstić information content (AvgIpc) is 2.35. The highest BCUT2D eigenvalue weighted by atomic mass is 79.9. The van der Waals surface area contributed by atoms with Gasteiger partial charge in [0.1, 0.15) is 4.60 Å². The van der Waals surface area contributed by atoms with Crippen molar-refractivity contribution in [1.29, 1.82) is 0 Å². The average molecular weight is 346 g/mol. The Morgan fingerprint density at radius 1 is 1.22 bits per heavy atom. The number of anilines is 1. The van der Waals surface area contributed by atoms with Crippen molar-refractivity contribution in [3.05, 3.63) is 56.7 Å². The summed E-state index contributed by atoms with van der Waals surface area (Å²) in [5.41, 5.74) is 0.909. The van der Waals surface area contributed by atoms with E-state index in [1.54, 1.807) is 36.5 Å². The molecule has 0 fully saturated rings. The summed E-state index contributed by atoms with van der Waals surface area (Å²) in [6.45, 7) is 0. The quantitative estimate of drug-likeness (QED) is 0.819. The Morgan fingerprint density at radius 3 is 2.67 bits per heavy atom. The van der Waals surface area contributed by atoms with E-state index in [0.717, 1.165) is 0 Å². The Kier molecular flexibility index (Phi) is 4.22. The number of hydrogen-bond donors (Lipinski definition) is 1. The maximum absolute atomic E-state index is 12.0. The smallest absolute Gasteiger partial charge is 0.257 e. The van der Waals surface area contributed by atoms with E-state index in [9.17, 15) is 4.79 Å². The summed E-state index contributed by atoms with van der Waals surface area (Å²) in [7, 11) is 0. The summed E-state index contributed by atoms with van der Waals surface area (Å²) in [5, 5.41) is 3.27. The fourth-order valence-electron chi connectivity index (χ4n) is 1.33. The van der Waals surface area contributed by atoms with Gasteiger partial charge in [0.25, 0.3) is 5.91 Å². The van der Waals surface area contributed by atoms with E-state index in [1.807, 2.05) is 0 Å². The van der Waals surface area contributed by atoms with Gasteiger partial charge in [-0.15, -0.1) is 0 Å². The van der Waals surface area contributed by atoms with Crippen molar-refractivity contribution in [3.63, 3.8) is 0 Å². The summed E-state index contributed by atoms with van der Waals surface area (Å²) >= 11 is 15.0. The molecule has 1 aromatic heterocycles. The van der Waals surface area contributed by atoms with Crippen LogP contribution in [0, 0.1) is 0 Å². The molecule has 6 heteroatoms. The Bertz CT molecular complexity index is 587. The number of rotatable bonds is 2. The molecule has 0 saturated heterocycles. The SMILES string of the molecule is O=C(Nc1ccc(Br)nc1)c1cccc(Cl)c1Cl. The lowest BCUT2D eigenvalue weighted by molar-refractivity contribution is 0.102. The third-order valence-electron chi connectivity index (χ3n) is 2.18. The molecule has 0 atom stereocenters. The summed E-state index contributed by atoms with van der Waals surface area (Å²) in [6.07, 6.45) is 1.54. The largest absolute Gasteiger partial charge is 0.321 e. The maximum Gasteiger partial charge on any atom is 0.257 e. The van der Waals surface area contributed by atoms with Gasteiger partial charge in [-0.3, -0.25) is 4.79 Å². The third-order valence-corrected chi connectivity index (χ3v) is 3.47. The molecule has 0 bridgehead atoms. The molecule has 0 saturated carbocycles. The van der Waals surface area contributed by atoms with Gasteiger partial charge in [0.2, 0.25) is 0 Å². The van der Waals surface area contributed by atoms with Crippen molar-refractivity contribution in [2.24, 2.45) is 0 Å². The summed E-state index contributed by atoms with van der Waals surface area (Å²) < 4.78 is 0.696. The minimum atomic E-state index is -0.327. The van der Waals surface area contributed by atoms with Crippen LogP contribution in [-0.4, -0.2) is 10.9 Å². The van der Waals surface area contributed by atoms with Crippen molar-refractivity contribution in [1.82, 2.24) is 4.98 Å². The molecule has 0 aliphatic carbocycles. The van der Waals surface area contributed by atoms with Gasteiger partial charge < -0.3 is 5.32 Å². The number of amides is 1. The van der Waals surface area contributed by atoms with Crippen LogP contribution < -0.4 is 5.32 Å². The van der Waals surface area contributed by atoms with Crippen molar-refractivity contribution in [3.8, 4) is 0 Å². The highest BCUT2D eigenvalue weighted by Crippen LogP contribution is 2.26. The Labute approximate surface area is 122 Å². The fourth-order valence-corrected chi connectivity index (χ4v) is 1.95. The first-order valence-corrected chi connectivity index (χ1v) is 6.50.